The molecule has 5 atom stereocenters. The number of unbranched alkanes of at least 4 members (excludes halogenated alkanes) is 1. The Morgan fingerprint density at radius 1 is 1.12 bits per heavy atom. The Morgan fingerprint density at radius 3 is 2.52 bits per heavy atom. The van der Waals surface area contributed by atoms with E-state index in [1.807, 2.05) is 12.2 Å². The van der Waals surface area contributed by atoms with Gasteiger partial charge in [-0.2, -0.15) is 13.2 Å². The van der Waals surface area contributed by atoms with E-state index >= 15 is 0 Å². The number of alkyl halides is 3. The molecule has 40 heavy (non-hydrogen) atoms. The predicted octanol–water partition coefficient (Wildman–Crippen LogP) is 4.68. The van der Waals surface area contributed by atoms with Crippen LogP contribution in [0.3, 0.4) is 0 Å². The summed E-state index contributed by atoms with van der Waals surface area (Å²) >= 11 is 0. The second-order valence-electron chi connectivity index (χ2n) is 9.87. The van der Waals surface area contributed by atoms with E-state index in [4.69, 9.17) is 22.3 Å². The molecule has 1 saturated carbocycles. The van der Waals surface area contributed by atoms with E-state index in [1.165, 1.54) is 18.2 Å². The second-order valence-corrected chi connectivity index (χ2v) is 9.87. The zero-order valence-corrected chi connectivity index (χ0v) is 22.3. The number of ether oxygens (including phenoxy) is 2. The van der Waals surface area contributed by atoms with E-state index in [1.54, 1.807) is 6.08 Å². The van der Waals surface area contributed by atoms with Crippen LogP contribution in [0.25, 0.3) is 0 Å². The summed E-state index contributed by atoms with van der Waals surface area (Å²) in [4.78, 5) is 11.9. The summed E-state index contributed by atoms with van der Waals surface area (Å²) < 4.78 is 49.1. The van der Waals surface area contributed by atoms with Crippen molar-refractivity contribution in [1.82, 2.24) is 0 Å². The molecule has 3 N–H and O–H groups in total. The maximum atomic E-state index is 12.8. The molecule has 9 heteroatoms. The van der Waals surface area contributed by atoms with E-state index in [-0.39, 0.29) is 49.6 Å². The predicted molar refractivity (Wildman–Crippen MR) is 145 cm³/mol. The van der Waals surface area contributed by atoms with Crippen LogP contribution >= 0.6 is 0 Å². The SMILES string of the molecule is C#CCC(CC#C)COC(=O)CCCC=CC[C@@H]1[C@H](C=C[C@@H](O)COc2cccc(C(F)(F)F)c2)[C@H](O)C[C@H]1O. The molecule has 2 rings (SSSR count). The molecule has 0 radical (unpaired) electrons. The number of allylic oxidation sites excluding steroid dienone is 2. The molecule has 1 aliphatic rings. The number of hydrogen-bond donors (Lipinski definition) is 3. The van der Waals surface area contributed by atoms with Gasteiger partial charge in [-0.25, -0.2) is 0 Å². The minimum Gasteiger partial charge on any atom is -0.491 e. The van der Waals surface area contributed by atoms with Gasteiger partial charge in [0.15, 0.2) is 0 Å². The second kappa shape index (κ2) is 16.8. The van der Waals surface area contributed by atoms with Crippen molar-refractivity contribution in [2.45, 2.75) is 69.4 Å². The fourth-order valence-corrected chi connectivity index (χ4v) is 4.50. The molecule has 1 aliphatic carbocycles. The number of aliphatic hydroxyl groups is 3. The van der Waals surface area contributed by atoms with Gasteiger partial charge in [-0.15, -0.1) is 24.7 Å². The number of hydrogen-bond acceptors (Lipinski definition) is 6. The topological polar surface area (TPSA) is 96.2 Å². The molecule has 0 unspecified atom stereocenters. The minimum atomic E-state index is -4.50. The van der Waals surface area contributed by atoms with Gasteiger partial charge in [0.1, 0.15) is 18.5 Å². The number of aliphatic hydroxyl groups excluding tert-OH is 3. The highest BCUT2D eigenvalue weighted by molar-refractivity contribution is 5.69. The van der Waals surface area contributed by atoms with Gasteiger partial charge in [-0.05, 0) is 43.4 Å². The van der Waals surface area contributed by atoms with Gasteiger partial charge in [0.05, 0.1) is 24.4 Å². The van der Waals surface area contributed by atoms with E-state index < -0.39 is 36.0 Å². The Labute approximate surface area is 233 Å². The van der Waals surface area contributed by atoms with Crippen LogP contribution in [-0.2, 0) is 15.7 Å². The zero-order chi connectivity index (χ0) is 29.5. The van der Waals surface area contributed by atoms with E-state index in [9.17, 15) is 33.3 Å². The van der Waals surface area contributed by atoms with Gasteiger partial charge in [-0.1, -0.05) is 30.4 Å². The fourth-order valence-electron chi connectivity index (χ4n) is 4.50. The summed E-state index contributed by atoms with van der Waals surface area (Å²) in [6.07, 6.45) is 13.3. The molecule has 1 fully saturated rings. The average molecular weight is 563 g/mol. The molecular weight excluding hydrogens is 525 g/mol. The summed E-state index contributed by atoms with van der Waals surface area (Å²) in [5.41, 5.74) is -0.848. The number of halogens is 3. The van der Waals surface area contributed by atoms with Crippen molar-refractivity contribution < 1.29 is 42.8 Å². The summed E-state index contributed by atoms with van der Waals surface area (Å²) in [7, 11) is 0. The number of carbonyl (C=O) groups is 1. The lowest BCUT2D eigenvalue weighted by Gasteiger charge is -2.19. The van der Waals surface area contributed by atoms with Crippen molar-refractivity contribution >= 4 is 5.97 Å². The van der Waals surface area contributed by atoms with Crippen molar-refractivity contribution in [1.29, 1.82) is 0 Å². The molecule has 0 aliphatic heterocycles. The Balaban J connectivity index is 1.77. The first-order valence-electron chi connectivity index (χ1n) is 13.2. The molecule has 1 aromatic rings. The molecule has 0 aromatic heterocycles. The van der Waals surface area contributed by atoms with Crippen LogP contribution in [-0.4, -0.2) is 52.8 Å². The molecule has 0 bridgehead atoms. The van der Waals surface area contributed by atoms with Gasteiger partial charge >= 0.3 is 12.1 Å². The van der Waals surface area contributed by atoms with E-state index in [0.29, 0.717) is 32.1 Å². The summed E-state index contributed by atoms with van der Waals surface area (Å²) in [6, 6.07) is 4.38. The van der Waals surface area contributed by atoms with Crippen molar-refractivity contribution in [3.63, 3.8) is 0 Å². The molecule has 218 valence electrons. The maximum Gasteiger partial charge on any atom is 0.416 e. The third kappa shape index (κ3) is 11.5. The van der Waals surface area contributed by atoms with Gasteiger partial charge in [0.25, 0.3) is 0 Å². The van der Waals surface area contributed by atoms with Crippen LogP contribution in [0.4, 0.5) is 13.2 Å². The summed E-state index contributed by atoms with van der Waals surface area (Å²) in [5, 5.41) is 31.0. The number of esters is 1. The lowest BCUT2D eigenvalue weighted by atomic mass is 9.89. The number of carbonyl (C=O) groups excluding carboxylic acids is 1. The monoisotopic (exact) mass is 562 g/mol. The Bertz CT molecular complexity index is 1050. The largest absolute Gasteiger partial charge is 0.491 e. The fraction of sp³-hybridized carbons (Fsp3) is 0.516. The number of terminal acetylenes is 2. The van der Waals surface area contributed by atoms with Crippen molar-refractivity contribution in [3.05, 3.63) is 54.1 Å². The molecule has 0 saturated heterocycles. The lowest BCUT2D eigenvalue weighted by molar-refractivity contribution is -0.145. The number of rotatable bonds is 15. The first kappa shape index (κ1) is 33.0. The molecule has 1 aromatic carbocycles. The average Bonchev–Trinajstić information content (AvgIpc) is 3.18. The van der Waals surface area contributed by atoms with Gasteiger partial charge in [0.2, 0.25) is 0 Å². The minimum absolute atomic E-state index is 0.0214. The van der Waals surface area contributed by atoms with Crippen LogP contribution in [0.1, 0.15) is 50.5 Å². The normalized spacial score (nSPS) is 21.9. The third-order valence-electron chi connectivity index (χ3n) is 6.67. The first-order valence-corrected chi connectivity index (χ1v) is 13.2. The molecule has 0 spiro atoms. The van der Waals surface area contributed by atoms with Gasteiger partial charge in [0, 0.05) is 37.5 Å². The Hall–Kier alpha value is -3.24. The zero-order valence-electron chi connectivity index (χ0n) is 22.3. The number of benzene rings is 1. The standard InChI is InChI=1S/C31H37F3O6/c1-3-10-22(11-4-2)20-40-30(38)15-8-6-5-7-14-26-27(29(37)19-28(26)36)17-16-24(35)21-39-25-13-9-12-23(18-25)31(32,33)34/h1-2,5,7,9,12-13,16-18,22,24,26-29,35-37H,6,8,10-11,14-15,19-21H2/t24-,26-,27+,28-,29-/m1/s1. The molecule has 0 amide bonds. The smallest absolute Gasteiger partial charge is 0.416 e. The van der Waals surface area contributed by atoms with E-state index in [2.05, 4.69) is 11.8 Å². The first-order chi connectivity index (χ1) is 19.0. The Kier molecular flexibility index (Phi) is 13.8. The highest BCUT2D eigenvalue weighted by atomic mass is 19.4. The van der Waals surface area contributed by atoms with Crippen LogP contribution in [0.15, 0.2) is 48.6 Å². The van der Waals surface area contributed by atoms with E-state index in [0.717, 1.165) is 12.1 Å². The Morgan fingerprint density at radius 2 is 1.85 bits per heavy atom. The van der Waals surface area contributed by atoms with Gasteiger partial charge in [-0.3, -0.25) is 4.79 Å². The van der Waals surface area contributed by atoms with Crippen LogP contribution in [0.2, 0.25) is 0 Å². The van der Waals surface area contributed by atoms with Crippen LogP contribution < -0.4 is 4.74 Å². The van der Waals surface area contributed by atoms with Crippen molar-refractivity contribution in [2.75, 3.05) is 13.2 Å². The van der Waals surface area contributed by atoms with Gasteiger partial charge < -0.3 is 24.8 Å². The molecular formula is C31H37F3O6. The van der Waals surface area contributed by atoms with Crippen molar-refractivity contribution in [2.24, 2.45) is 17.8 Å². The third-order valence-corrected chi connectivity index (χ3v) is 6.67. The summed E-state index contributed by atoms with van der Waals surface area (Å²) in [6.45, 7) is -0.0728. The molecule has 0 heterocycles. The quantitative estimate of drug-likeness (QED) is 0.124. The summed E-state index contributed by atoms with van der Waals surface area (Å²) in [5.74, 6) is 3.96. The van der Waals surface area contributed by atoms with Crippen LogP contribution in [0.5, 0.6) is 5.75 Å². The maximum absolute atomic E-state index is 12.8. The molecule has 6 nitrogen and oxygen atoms in total. The lowest BCUT2D eigenvalue weighted by Crippen LogP contribution is -2.21. The van der Waals surface area contributed by atoms with Crippen LogP contribution in [0, 0.1) is 42.4 Å². The highest BCUT2D eigenvalue weighted by Crippen LogP contribution is 2.36. The van der Waals surface area contributed by atoms with Crippen molar-refractivity contribution in [3.8, 4) is 30.4 Å². The highest BCUT2D eigenvalue weighted by Gasteiger charge is 2.39.